The monoisotopic (exact) mass is 1030 g/mol. The molecule has 3 heterocycles. The molecule has 3 atom stereocenters. The highest BCUT2D eigenvalue weighted by Gasteiger charge is 2.33. The molecule has 1 amide bonds. The van der Waals surface area contributed by atoms with Gasteiger partial charge in [0.05, 0.1) is 43.1 Å². The summed E-state index contributed by atoms with van der Waals surface area (Å²) in [6.45, 7) is 23.6. The first kappa shape index (κ1) is 58.4. The molecular weight excluding hydrogens is 958 g/mol. The van der Waals surface area contributed by atoms with E-state index in [1.807, 2.05) is 32.6 Å². The van der Waals surface area contributed by atoms with E-state index < -0.39 is 45.4 Å². The average molecular weight is 1030 g/mol. The summed E-state index contributed by atoms with van der Waals surface area (Å²) < 4.78 is 35.7. The molecule has 0 aliphatic carbocycles. The molecule has 73 heavy (non-hydrogen) atoms. The fraction of sp³-hybridized carbons (Fsp3) is 0.551. The quantitative estimate of drug-likeness (QED) is 0.0808. The third-order valence-corrected chi connectivity index (χ3v) is 11.6. The molecule has 3 fully saturated rings. The lowest BCUT2D eigenvalue weighted by Crippen LogP contribution is -2.54. The third-order valence-electron chi connectivity index (χ3n) is 11.6. The van der Waals surface area contributed by atoms with E-state index in [2.05, 4.69) is 40.9 Å². The molecule has 3 aromatic rings. The molecule has 3 aliphatic heterocycles. The zero-order valence-electron chi connectivity index (χ0n) is 44.3. The summed E-state index contributed by atoms with van der Waals surface area (Å²) in [4.78, 5) is 90.2. The Bertz CT molecular complexity index is 2430. The van der Waals surface area contributed by atoms with Crippen LogP contribution in [0.2, 0.25) is 0 Å². The van der Waals surface area contributed by atoms with Gasteiger partial charge in [0.25, 0.3) is 17.1 Å². The van der Waals surface area contributed by atoms with Gasteiger partial charge in [-0.15, -0.1) is 0 Å². The van der Waals surface area contributed by atoms with E-state index in [-0.39, 0.29) is 77.8 Å². The average Bonchev–Trinajstić information content (AvgIpc) is 3.34. The van der Waals surface area contributed by atoms with Crippen molar-refractivity contribution in [1.29, 1.82) is 0 Å². The number of carbonyl (C=O) groups excluding carboxylic acids is 4. The molecular formula is C49H70FN9O14. The minimum atomic E-state index is -1.00. The third kappa shape index (κ3) is 16.9. The van der Waals surface area contributed by atoms with Crippen LogP contribution in [0.3, 0.4) is 0 Å². The Morgan fingerprint density at radius 2 is 1.01 bits per heavy atom. The van der Waals surface area contributed by atoms with Gasteiger partial charge in [0.1, 0.15) is 22.3 Å². The number of esters is 3. The Kier molecular flexibility index (Phi) is 22.5. The number of nitrogens with zero attached hydrogens (tertiary/aromatic N) is 8. The van der Waals surface area contributed by atoms with Crippen LogP contribution in [-0.4, -0.2) is 165 Å². The van der Waals surface area contributed by atoms with Crippen LogP contribution in [0.25, 0.3) is 0 Å². The van der Waals surface area contributed by atoms with E-state index in [0.717, 1.165) is 50.6 Å². The first-order chi connectivity index (χ1) is 34.9. The largest absolute Gasteiger partial charge is 0.462 e. The minimum absolute atomic E-state index is 0.00471. The van der Waals surface area contributed by atoms with Crippen LogP contribution in [-0.2, 0) is 18.9 Å². The molecule has 3 saturated heterocycles. The number of nitrogens with one attached hydrogen (secondary N) is 1. The Labute approximate surface area is 426 Å². The van der Waals surface area contributed by atoms with Crippen molar-refractivity contribution in [2.75, 3.05) is 108 Å². The summed E-state index contributed by atoms with van der Waals surface area (Å²) in [7, 11) is 1.06. The number of nitro benzene ring substituents is 3. The van der Waals surface area contributed by atoms with E-state index in [1.165, 1.54) is 24.3 Å². The SMILES string of the molecule is CCOC(=O)c1cc(N2CCN(C(=O)OC(C)(C)C)C[C@H]2C)ccc1[N+](=O)[O-].CCOC(=O)c1cc(N2CCN(C)C[C@H]2C)ccc1[N+](=O)[O-].CCOC(=O)c1cc(N2CCNC[C@H]2C)ccc1[N+](=O)[O-].[2H]CF. The summed E-state index contributed by atoms with van der Waals surface area (Å²) in [5.74, 6) is -2.04. The first-order valence-corrected chi connectivity index (χ1v) is 23.8. The molecule has 0 unspecified atom stereocenters. The van der Waals surface area contributed by atoms with Gasteiger partial charge in [-0.1, -0.05) is 0 Å². The maximum Gasteiger partial charge on any atom is 0.410 e. The van der Waals surface area contributed by atoms with Crippen LogP contribution in [0, 0.1) is 30.3 Å². The number of hydrogen-bond donors (Lipinski definition) is 1. The van der Waals surface area contributed by atoms with E-state index in [0.29, 0.717) is 25.3 Å². The van der Waals surface area contributed by atoms with E-state index in [1.54, 1.807) is 56.0 Å². The molecule has 6 rings (SSSR count). The van der Waals surface area contributed by atoms with Gasteiger partial charge in [0.2, 0.25) is 0 Å². The zero-order chi connectivity index (χ0) is 55.4. The van der Waals surface area contributed by atoms with Crippen LogP contribution in [0.1, 0.15) is 94.8 Å². The van der Waals surface area contributed by atoms with Crippen LogP contribution in [0.15, 0.2) is 54.6 Å². The number of alkyl halides is 1. The number of nitro groups is 3. The Morgan fingerprint density at radius 1 is 0.644 bits per heavy atom. The predicted molar refractivity (Wildman–Crippen MR) is 273 cm³/mol. The maximum absolute atomic E-state index is 12.3. The number of benzene rings is 3. The fourth-order valence-corrected chi connectivity index (χ4v) is 8.28. The second-order valence-electron chi connectivity index (χ2n) is 18.1. The number of halogens is 1. The van der Waals surface area contributed by atoms with Crippen LogP contribution < -0.4 is 20.0 Å². The summed E-state index contributed by atoms with van der Waals surface area (Å²) in [5, 5.41) is 36.7. The Hall–Kier alpha value is -7.21. The molecule has 0 saturated carbocycles. The van der Waals surface area contributed by atoms with E-state index in [4.69, 9.17) is 20.3 Å². The standard InChI is InChI=1S/C19H27N3O6.C15H21N3O4.C14H19N3O4.CH3F/c1-6-27-17(23)15-11-14(7-8-16(15)22(25)26)21-10-9-20(12-13(21)2)18(24)28-19(3,4)5;1-4-22-15(19)13-9-12(5-6-14(13)18(20)21)17-8-7-16(3)10-11(17)2;1-3-21-14(18)12-8-11(4-5-13(12)17(19)20)16-7-6-15-9-10(16)2;1-2/h7-8,11,13H,6,9-10,12H2,1-5H3;5-6,9,11H,4,7-8,10H2,1-3H3;4-5,8,10,15H,3,6-7,9H2,1-2H3;1H3/t13-;11-;10-;/m111./s1/i;;;1D. The van der Waals surface area contributed by atoms with Crippen molar-refractivity contribution in [2.24, 2.45) is 0 Å². The molecule has 24 heteroatoms. The fourth-order valence-electron chi connectivity index (χ4n) is 8.28. The lowest BCUT2D eigenvalue weighted by atomic mass is 10.1. The van der Waals surface area contributed by atoms with Gasteiger partial charge < -0.3 is 48.8 Å². The van der Waals surface area contributed by atoms with Crippen molar-refractivity contribution in [3.05, 3.63) is 102 Å². The highest BCUT2D eigenvalue weighted by molar-refractivity contribution is 5.96. The van der Waals surface area contributed by atoms with Crippen LogP contribution in [0.5, 0.6) is 0 Å². The Balaban J connectivity index is 0.000000288. The van der Waals surface area contributed by atoms with E-state index >= 15 is 0 Å². The summed E-state index contributed by atoms with van der Waals surface area (Å²) in [6, 6.07) is 14.1. The number of carbonyl (C=O) groups is 4. The molecule has 0 bridgehead atoms. The zero-order valence-corrected chi connectivity index (χ0v) is 43.3. The van der Waals surface area contributed by atoms with Gasteiger partial charge in [-0.3, -0.25) is 34.7 Å². The predicted octanol–water partition coefficient (Wildman–Crippen LogP) is 7.28. The lowest BCUT2D eigenvalue weighted by Gasteiger charge is -2.41. The molecule has 0 aromatic heterocycles. The van der Waals surface area contributed by atoms with Crippen molar-refractivity contribution in [1.82, 2.24) is 15.1 Å². The molecule has 402 valence electrons. The summed E-state index contributed by atoms with van der Waals surface area (Å²) >= 11 is 0. The number of rotatable bonds is 12. The number of ether oxygens (including phenoxy) is 4. The first-order valence-electron chi connectivity index (χ1n) is 24.5. The normalized spacial score (nSPS) is 17.9. The number of piperazine rings is 3. The van der Waals surface area contributed by atoms with Gasteiger partial charge >= 0.3 is 24.0 Å². The highest BCUT2D eigenvalue weighted by Crippen LogP contribution is 2.31. The van der Waals surface area contributed by atoms with Gasteiger partial charge in [-0.25, -0.2) is 19.2 Å². The molecule has 3 aromatic carbocycles. The second kappa shape index (κ2) is 28.1. The van der Waals surface area contributed by atoms with Crippen molar-refractivity contribution in [3.8, 4) is 0 Å². The topological polar surface area (TPSA) is 263 Å². The summed E-state index contributed by atoms with van der Waals surface area (Å²) in [6.07, 6.45) is -0.366. The Morgan fingerprint density at radius 3 is 1.34 bits per heavy atom. The van der Waals surface area contributed by atoms with Crippen molar-refractivity contribution < 1.29 is 58.7 Å². The lowest BCUT2D eigenvalue weighted by molar-refractivity contribution is -0.385. The van der Waals surface area contributed by atoms with Gasteiger partial charge in [-0.05, 0) is 106 Å². The highest BCUT2D eigenvalue weighted by atomic mass is 19.1. The maximum atomic E-state index is 12.3. The van der Waals surface area contributed by atoms with Gasteiger partial charge in [-0.2, -0.15) is 0 Å². The van der Waals surface area contributed by atoms with Crippen LogP contribution in [0.4, 0.5) is 43.3 Å². The van der Waals surface area contributed by atoms with Crippen molar-refractivity contribution >= 4 is 58.1 Å². The molecule has 0 radical (unpaired) electrons. The number of likely N-dealkylation sites (N-methyl/N-ethyl adjacent to an activating group) is 1. The molecule has 23 nitrogen and oxygen atoms in total. The molecule has 0 spiro atoms. The molecule has 1 N–H and O–H groups in total. The summed E-state index contributed by atoms with van der Waals surface area (Å²) in [5.41, 5.74) is 0.930. The smallest absolute Gasteiger partial charge is 0.410 e. The van der Waals surface area contributed by atoms with Crippen LogP contribution >= 0.6 is 0 Å². The van der Waals surface area contributed by atoms with Gasteiger partial charge in [0.15, 0.2) is 0 Å². The van der Waals surface area contributed by atoms with Gasteiger partial charge in [0, 0.05) is 112 Å². The molecule has 3 aliphatic rings. The van der Waals surface area contributed by atoms with E-state index in [9.17, 15) is 53.9 Å². The van der Waals surface area contributed by atoms with Crippen molar-refractivity contribution in [3.63, 3.8) is 0 Å². The number of amides is 1. The minimum Gasteiger partial charge on any atom is -0.462 e. The second-order valence-corrected chi connectivity index (χ2v) is 18.1. The van der Waals surface area contributed by atoms with Crippen molar-refractivity contribution in [2.45, 2.75) is 86.0 Å². The number of hydrogen-bond acceptors (Lipinski definition) is 19. The number of anilines is 3.